The van der Waals surface area contributed by atoms with Crippen molar-refractivity contribution in [2.24, 2.45) is 11.8 Å². The van der Waals surface area contributed by atoms with Crippen molar-refractivity contribution in [2.45, 2.75) is 44.7 Å². The fourth-order valence-electron chi connectivity index (χ4n) is 4.48. The van der Waals surface area contributed by atoms with Crippen LogP contribution in [0.25, 0.3) is 16.9 Å². The molecule has 1 saturated heterocycles. The average Bonchev–Trinajstić information content (AvgIpc) is 3.59. The first-order valence-electron chi connectivity index (χ1n) is 11.6. The van der Waals surface area contributed by atoms with Crippen LogP contribution in [0, 0.1) is 11.8 Å². The lowest BCUT2D eigenvalue weighted by Gasteiger charge is -2.33. The average molecular weight is 470 g/mol. The summed E-state index contributed by atoms with van der Waals surface area (Å²) in [6, 6.07) is 13.1. The molecule has 2 aromatic heterocycles. The van der Waals surface area contributed by atoms with Gasteiger partial charge < -0.3 is 4.90 Å². The zero-order chi connectivity index (χ0) is 23.9. The molecular weight excluding hydrogens is 445 g/mol. The van der Waals surface area contributed by atoms with Gasteiger partial charge in [-0.2, -0.15) is 18.3 Å². The number of nitrogens with zero attached hydrogens (tertiary/aromatic N) is 4. The summed E-state index contributed by atoms with van der Waals surface area (Å²) in [6.45, 7) is 0.280. The van der Waals surface area contributed by atoms with Crippen LogP contribution in [0.2, 0.25) is 0 Å². The van der Waals surface area contributed by atoms with Gasteiger partial charge in [-0.25, -0.2) is 9.50 Å². The predicted molar refractivity (Wildman–Crippen MR) is 119 cm³/mol. The minimum absolute atomic E-state index is 0.0374. The highest BCUT2D eigenvalue weighted by Gasteiger charge is 2.41. The zero-order valence-electron chi connectivity index (χ0n) is 18.6. The molecule has 178 valence electrons. The van der Waals surface area contributed by atoms with Gasteiger partial charge in [-0.1, -0.05) is 30.3 Å². The van der Waals surface area contributed by atoms with Crippen LogP contribution in [0.5, 0.6) is 0 Å². The molecule has 3 heterocycles. The number of ketones is 1. The fourth-order valence-corrected chi connectivity index (χ4v) is 4.48. The number of alkyl halides is 3. The Hall–Kier alpha value is -3.23. The Morgan fingerprint density at radius 3 is 2.29 bits per heavy atom. The van der Waals surface area contributed by atoms with E-state index in [9.17, 15) is 22.8 Å². The molecule has 0 radical (unpaired) electrons. The van der Waals surface area contributed by atoms with Gasteiger partial charge in [0, 0.05) is 24.6 Å². The SMILES string of the molecule is O=C(Cc1nc2cccc(-c3ccc(CC(=O)N4CCC(C(F)(F)F)CC4)cc3)n2n1)C1CC1. The second-order valence-electron chi connectivity index (χ2n) is 9.20. The summed E-state index contributed by atoms with van der Waals surface area (Å²) >= 11 is 0. The van der Waals surface area contributed by atoms with E-state index in [0.717, 1.165) is 29.7 Å². The summed E-state index contributed by atoms with van der Waals surface area (Å²) < 4.78 is 40.3. The molecule has 0 N–H and O–H groups in total. The van der Waals surface area contributed by atoms with Gasteiger partial charge in [-0.15, -0.1) is 0 Å². The summed E-state index contributed by atoms with van der Waals surface area (Å²) in [5.74, 6) is -0.605. The number of rotatable bonds is 6. The molecule has 3 aromatic rings. The van der Waals surface area contributed by atoms with Crippen molar-refractivity contribution in [1.82, 2.24) is 19.5 Å². The number of aromatic nitrogens is 3. The minimum Gasteiger partial charge on any atom is -0.342 e. The summed E-state index contributed by atoms with van der Waals surface area (Å²) in [4.78, 5) is 30.7. The van der Waals surface area contributed by atoms with E-state index in [2.05, 4.69) is 10.1 Å². The molecule has 1 aromatic carbocycles. The van der Waals surface area contributed by atoms with Gasteiger partial charge in [-0.05, 0) is 43.4 Å². The van der Waals surface area contributed by atoms with Crippen LogP contribution in [-0.4, -0.2) is 50.5 Å². The van der Waals surface area contributed by atoms with Crippen molar-refractivity contribution in [3.8, 4) is 11.3 Å². The summed E-state index contributed by atoms with van der Waals surface area (Å²) in [6.07, 6.45) is -1.96. The van der Waals surface area contributed by atoms with Crippen molar-refractivity contribution in [3.63, 3.8) is 0 Å². The van der Waals surface area contributed by atoms with Crippen molar-refractivity contribution >= 4 is 17.3 Å². The van der Waals surface area contributed by atoms with Crippen molar-refractivity contribution in [1.29, 1.82) is 0 Å². The molecular formula is C25H25F3N4O2. The number of amides is 1. The van der Waals surface area contributed by atoms with Crippen molar-refractivity contribution < 1.29 is 22.8 Å². The number of carbonyl (C=O) groups excluding carboxylic acids is 2. The highest BCUT2D eigenvalue weighted by atomic mass is 19.4. The van der Waals surface area contributed by atoms with Gasteiger partial charge in [-0.3, -0.25) is 9.59 Å². The Bertz CT molecular complexity index is 1210. The predicted octanol–water partition coefficient (Wildman–Crippen LogP) is 4.26. The molecule has 34 heavy (non-hydrogen) atoms. The third-order valence-corrected chi connectivity index (χ3v) is 6.68. The largest absolute Gasteiger partial charge is 0.391 e. The number of likely N-dealkylation sites (tertiary alicyclic amines) is 1. The molecule has 1 saturated carbocycles. The second kappa shape index (κ2) is 8.85. The third-order valence-electron chi connectivity index (χ3n) is 6.68. The van der Waals surface area contributed by atoms with Gasteiger partial charge in [0.15, 0.2) is 11.5 Å². The zero-order valence-corrected chi connectivity index (χ0v) is 18.6. The van der Waals surface area contributed by atoms with Crippen LogP contribution >= 0.6 is 0 Å². The topological polar surface area (TPSA) is 67.6 Å². The van der Waals surface area contributed by atoms with E-state index in [1.54, 1.807) is 4.52 Å². The van der Waals surface area contributed by atoms with Crippen molar-refractivity contribution in [2.75, 3.05) is 13.1 Å². The molecule has 0 unspecified atom stereocenters. The Kier molecular flexibility index (Phi) is 5.87. The molecule has 5 rings (SSSR count). The molecule has 1 aliphatic heterocycles. The number of hydrogen-bond donors (Lipinski definition) is 0. The maximum absolute atomic E-state index is 12.9. The van der Waals surface area contributed by atoms with Crippen LogP contribution in [0.4, 0.5) is 13.2 Å². The fraction of sp³-hybridized carbons (Fsp3) is 0.440. The van der Waals surface area contributed by atoms with Crippen LogP contribution in [0.3, 0.4) is 0 Å². The third kappa shape index (κ3) is 4.83. The van der Waals surface area contributed by atoms with Gasteiger partial charge in [0.1, 0.15) is 5.78 Å². The van der Waals surface area contributed by atoms with E-state index >= 15 is 0 Å². The molecule has 0 bridgehead atoms. The van der Waals surface area contributed by atoms with E-state index < -0.39 is 12.1 Å². The lowest BCUT2D eigenvalue weighted by molar-refractivity contribution is -0.186. The van der Waals surface area contributed by atoms with Gasteiger partial charge >= 0.3 is 6.18 Å². The molecule has 6 nitrogen and oxygen atoms in total. The smallest absolute Gasteiger partial charge is 0.342 e. The first-order valence-corrected chi connectivity index (χ1v) is 11.6. The number of piperidine rings is 1. The van der Waals surface area contributed by atoms with Crippen LogP contribution in [0.1, 0.15) is 37.1 Å². The number of Topliss-reactive ketones (excluding diaryl/α,β-unsaturated/α-hetero) is 1. The second-order valence-corrected chi connectivity index (χ2v) is 9.20. The number of fused-ring (bicyclic) bond motifs is 1. The normalized spacial score (nSPS) is 17.3. The van der Waals surface area contributed by atoms with E-state index in [-0.39, 0.29) is 56.4 Å². The van der Waals surface area contributed by atoms with Gasteiger partial charge in [0.25, 0.3) is 0 Å². The monoisotopic (exact) mass is 470 g/mol. The van der Waals surface area contributed by atoms with E-state index in [1.165, 1.54) is 4.90 Å². The molecule has 1 aliphatic carbocycles. The Morgan fingerprint density at radius 2 is 1.65 bits per heavy atom. The van der Waals surface area contributed by atoms with Gasteiger partial charge in [0.05, 0.1) is 24.5 Å². The molecule has 2 aliphatic rings. The summed E-state index contributed by atoms with van der Waals surface area (Å²) in [7, 11) is 0. The maximum Gasteiger partial charge on any atom is 0.391 e. The standard InChI is InChI=1S/C25H25F3N4O2/c26-25(27,28)19-10-12-31(13-11-19)24(34)14-16-4-6-17(7-5-16)20-2-1-3-23-29-22(30-32(20)23)15-21(33)18-8-9-18/h1-7,18-19H,8-15H2. The number of carbonyl (C=O) groups is 2. The van der Waals surface area contributed by atoms with Crippen LogP contribution in [0.15, 0.2) is 42.5 Å². The Balaban J connectivity index is 1.25. The first-order chi connectivity index (χ1) is 16.3. The summed E-state index contributed by atoms with van der Waals surface area (Å²) in [5.41, 5.74) is 3.17. The number of pyridine rings is 1. The Labute approximate surface area is 194 Å². The van der Waals surface area contributed by atoms with E-state index in [4.69, 9.17) is 0 Å². The molecule has 0 spiro atoms. The minimum atomic E-state index is -4.19. The number of hydrogen-bond acceptors (Lipinski definition) is 4. The lowest BCUT2D eigenvalue weighted by Crippen LogP contribution is -2.42. The first kappa shape index (κ1) is 22.6. The quantitative estimate of drug-likeness (QED) is 0.540. The highest BCUT2D eigenvalue weighted by molar-refractivity contribution is 5.84. The lowest BCUT2D eigenvalue weighted by atomic mass is 9.96. The Morgan fingerprint density at radius 1 is 0.941 bits per heavy atom. The summed E-state index contributed by atoms with van der Waals surface area (Å²) in [5, 5.41) is 4.54. The number of halogens is 3. The molecule has 2 fully saturated rings. The van der Waals surface area contributed by atoms with E-state index in [0.29, 0.717) is 11.5 Å². The molecule has 9 heteroatoms. The highest BCUT2D eigenvalue weighted by Crippen LogP contribution is 2.34. The van der Waals surface area contributed by atoms with Crippen LogP contribution < -0.4 is 0 Å². The van der Waals surface area contributed by atoms with Crippen molar-refractivity contribution in [3.05, 3.63) is 53.9 Å². The van der Waals surface area contributed by atoms with E-state index in [1.807, 2.05) is 42.5 Å². The molecule has 0 atom stereocenters. The molecule has 1 amide bonds. The van der Waals surface area contributed by atoms with Crippen LogP contribution in [-0.2, 0) is 22.4 Å². The maximum atomic E-state index is 12.9. The van der Waals surface area contributed by atoms with Gasteiger partial charge in [0.2, 0.25) is 5.91 Å². The number of benzene rings is 1.